The monoisotopic (exact) mass is 285 g/mol. The van der Waals surface area contributed by atoms with E-state index in [1.54, 1.807) is 14.2 Å². The molecule has 1 aliphatic carbocycles. The summed E-state index contributed by atoms with van der Waals surface area (Å²) in [5.74, 6) is -0.514. The highest BCUT2D eigenvalue weighted by Gasteiger charge is 2.33. The topological polar surface area (TPSA) is 37.4 Å². The molecule has 0 aromatic carbocycles. The zero-order valence-electron chi connectivity index (χ0n) is 12.1. The fourth-order valence-electron chi connectivity index (χ4n) is 2.36. The summed E-state index contributed by atoms with van der Waals surface area (Å²) >= 11 is 0. The molecule has 1 aliphatic rings. The van der Waals surface area contributed by atoms with E-state index in [-0.39, 0.29) is 17.7 Å². The minimum absolute atomic E-state index is 0.0619. The van der Waals surface area contributed by atoms with Gasteiger partial charge in [0, 0.05) is 32.8 Å². The van der Waals surface area contributed by atoms with E-state index in [4.69, 9.17) is 4.74 Å². The first-order valence-corrected chi connectivity index (χ1v) is 6.87. The summed E-state index contributed by atoms with van der Waals surface area (Å²) in [6.07, 6.45) is 2.29. The van der Waals surface area contributed by atoms with Crippen molar-refractivity contribution in [3.8, 4) is 0 Å². The molecule has 1 aromatic heterocycles. The van der Waals surface area contributed by atoms with Crippen LogP contribution in [-0.2, 0) is 4.74 Å². The van der Waals surface area contributed by atoms with Crippen molar-refractivity contribution in [2.45, 2.75) is 25.8 Å². The molecular weight excluding hydrogens is 264 g/mol. The second-order valence-corrected chi connectivity index (χ2v) is 5.14. The predicted octanol–water partition coefficient (Wildman–Crippen LogP) is 2.65. The number of aromatic nitrogens is 1. The first kappa shape index (κ1) is 15.0. The molecule has 1 heterocycles. The number of pyridine rings is 1. The van der Waals surface area contributed by atoms with E-state index in [0.717, 1.165) is 18.9 Å². The van der Waals surface area contributed by atoms with Crippen LogP contribution < -0.4 is 10.2 Å². The number of anilines is 2. The van der Waals surface area contributed by atoms with E-state index in [2.05, 4.69) is 17.2 Å². The summed E-state index contributed by atoms with van der Waals surface area (Å²) < 4.78 is 32.7. The Morgan fingerprint density at radius 1 is 1.45 bits per heavy atom. The molecule has 1 fully saturated rings. The van der Waals surface area contributed by atoms with Gasteiger partial charge in [-0.2, -0.15) is 0 Å². The molecule has 6 heteroatoms. The van der Waals surface area contributed by atoms with E-state index < -0.39 is 11.6 Å². The molecule has 20 heavy (non-hydrogen) atoms. The molecule has 1 N–H and O–H groups in total. The van der Waals surface area contributed by atoms with Crippen LogP contribution in [0, 0.1) is 17.6 Å². The van der Waals surface area contributed by atoms with Crippen LogP contribution in [0.2, 0.25) is 0 Å². The van der Waals surface area contributed by atoms with Gasteiger partial charge in [0.1, 0.15) is 0 Å². The molecule has 1 atom stereocenters. The fraction of sp³-hybridized carbons (Fsp3) is 0.643. The Morgan fingerprint density at radius 2 is 2.15 bits per heavy atom. The second-order valence-electron chi connectivity index (χ2n) is 5.14. The van der Waals surface area contributed by atoms with Crippen molar-refractivity contribution in [2.75, 3.05) is 37.5 Å². The highest BCUT2D eigenvalue weighted by Crippen LogP contribution is 2.37. The maximum atomic E-state index is 14.1. The number of hydrogen-bond donors (Lipinski definition) is 1. The third kappa shape index (κ3) is 3.17. The molecular formula is C14H21F2N3O. The van der Waals surface area contributed by atoms with Gasteiger partial charge in [0.25, 0.3) is 0 Å². The quantitative estimate of drug-likeness (QED) is 0.835. The van der Waals surface area contributed by atoms with Crippen LogP contribution in [0.1, 0.15) is 19.8 Å². The zero-order valence-corrected chi connectivity index (χ0v) is 12.1. The van der Waals surface area contributed by atoms with Gasteiger partial charge in [-0.3, -0.25) is 0 Å². The number of methoxy groups -OCH3 is 1. The van der Waals surface area contributed by atoms with Crippen molar-refractivity contribution in [3.63, 3.8) is 0 Å². The Balaban J connectivity index is 2.31. The van der Waals surface area contributed by atoms with Crippen LogP contribution in [0.15, 0.2) is 6.07 Å². The Bertz CT molecular complexity index is 466. The van der Waals surface area contributed by atoms with E-state index in [1.165, 1.54) is 0 Å². The predicted molar refractivity (Wildman–Crippen MR) is 75.1 cm³/mol. The molecule has 4 nitrogen and oxygen atoms in total. The number of nitrogens with zero attached hydrogens (tertiary/aromatic N) is 2. The van der Waals surface area contributed by atoms with Crippen LogP contribution in [0.4, 0.5) is 20.4 Å². The molecule has 112 valence electrons. The highest BCUT2D eigenvalue weighted by atomic mass is 19.1. The molecule has 2 rings (SSSR count). The molecule has 0 saturated heterocycles. The van der Waals surface area contributed by atoms with Gasteiger partial charge >= 0.3 is 0 Å². The lowest BCUT2D eigenvalue weighted by Gasteiger charge is -2.30. The Morgan fingerprint density at radius 3 is 2.70 bits per heavy atom. The molecule has 0 aliphatic heterocycles. The maximum absolute atomic E-state index is 14.1. The minimum atomic E-state index is -0.681. The van der Waals surface area contributed by atoms with Crippen LogP contribution in [-0.4, -0.2) is 38.3 Å². The smallest absolute Gasteiger partial charge is 0.168 e. The van der Waals surface area contributed by atoms with Gasteiger partial charge in [-0.05, 0) is 25.7 Å². The summed E-state index contributed by atoms with van der Waals surface area (Å²) in [7, 11) is 3.17. The van der Waals surface area contributed by atoms with Crippen LogP contribution in [0.3, 0.4) is 0 Å². The van der Waals surface area contributed by atoms with Crippen molar-refractivity contribution in [1.82, 2.24) is 4.98 Å². The molecule has 1 unspecified atom stereocenters. The van der Waals surface area contributed by atoms with Crippen molar-refractivity contribution in [1.29, 1.82) is 0 Å². The summed E-state index contributed by atoms with van der Waals surface area (Å²) in [4.78, 5) is 5.96. The zero-order chi connectivity index (χ0) is 14.7. The number of hydrogen-bond acceptors (Lipinski definition) is 4. The standard InChI is InChI=1S/C14H21F2N3O/c1-9(10-4-5-10)19(6-7-20-3)14-12(16)8-11(15)13(17-2)18-14/h8-10H,4-7H2,1-3H3,(H,17,18). The number of nitrogens with one attached hydrogen (secondary N) is 1. The summed E-state index contributed by atoms with van der Waals surface area (Å²) in [5.41, 5.74) is 0. The Hall–Kier alpha value is -1.43. The van der Waals surface area contributed by atoms with E-state index in [1.807, 2.05) is 4.90 Å². The summed E-state index contributed by atoms with van der Waals surface area (Å²) in [6, 6.07) is 1.05. The molecule has 0 bridgehead atoms. The van der Waals surface area contributed by atoms with Crippen LogP contribution in [0.5, 0.6) is 0 Å². The largest absolute Gasteiger partial charge is 0.383 e. The number of halogens is 2. The SMILES string of the molecule is CNc1nc(N(CCOC)C(C)C2CC2)c(F)cc1F. The Labute approximate surface area is 118 Å². The lowest BCUT2D eigenvalue weighted by Crippen LogP contribution is -2.38. The average molecular weight is 285 g/mol. The van der Waals surface area contributed by atoms with E-state index >= 15 is 0 Å². The van der Waals surface area contributed by atoms with Gasteiger partial charge in [-0.15, -0.1) is 0 Å². The minimum Gasteiger partial charge on any atom is -0.383 e. The summed E-state index contributed by atoms with van der Waals surface area (Å²) in [6.45, 7) is 3.06. The van der Waals surface area contributed by atoms with Gasteiger partial charge in [-0.25, -0.2) is 13.8 Å². The van der Waals surface area contributed by atoms with Crippen molar-refractivity contribution in [2.24, 2.45) is 5.92 Å². The van der Waals surface area contributed by atoms with Gasteiger partial charge < -0.3 is 15.0 Å². The molecule has 1 saturated carbocycles. The Kier molecular flexibility index (Phi) is 4.75. The molecule has 0 spiro atoms. The lowest BCUT2D eigenvalue weighted by molar-refractivity contribution is 0.202. The van der Waals surface area contributed by atoms with Gasteiger partial charge in [0.05, 0.1) is 6.61 Å². The van der Waals surface area contributed by atoms with Crippen molar-refractivity contribution < 1.29 is 13.5 Å². The van der Waals surface area contributed by atoms with E-state index in [9.17, 15) is 8.78 Å². The normalized spacial score (nSPS) is 16.1. The maximum Gasteiger partial charge on any atom is 0.168 e. The van der Waals surface area contributed by atoms with Gasteiger partial charge in [-0.1, -0.05) is 0 Å². The van der Waals surface area contributed by atoms with Crippen molar-refractivity contribution in [3.05, 3.63) is 17.7 Å². The average Bonchev–Trinajstić information content (AvgIpc) is 3.25. The number of ether oxygens (including phenoxy) is 1. The van der Waals surface area contributed by atoms with E-state index in [0.29, 0.717) is 19.1 Å². The molecule has 0 amide bonds. The number of rotatable bonds is 7. The second kappa shape index (κ2) is 6.35. The van der Waals surface area contributed by atoms with Crippen LogP contribution >= 0.6 is 0 Å². The van der Waals surface area contributed by atoms with Crippen LogP contribution in [0.25, 0.3) is 0 Å². The fourth-order valence-corrected chi connectivity index (χ4v) is 2.36. The van der Waals surface area contributed by atoms with Gasteiger partial charge in [0.15, 0.2) is 23.3 Å². The lowest BCUT2D eigenvalue weighted by atomic mass is 10.1. The first-order chi connectivity index (χ1) is 9.58. The highest BCUT2D eigenvalue weighted by molar-refractivity contribution is 5.50. The third-order valence-corrected chi connectivity index (χ3v) is 3.75. The molecule has 1 aromatic rings. The van der Waals surface area contributed by atoms with Crippen molar-refractivity contribution >= 4 is 11.6 Å². The van der Waals surface area contributed by atoms with Gasteiger partial charge in [0.2, 0.25) is 0 Å². The first-order valence-electron chi connectivity index (χ1n) is 6.87. The molecule has 0 radical (unpaired) electrons. The summed E-state index contributed by atoms with van der Waals surface area (Å²) in [5, 5.41) is 2.65. The third-order valence-electron chi connectivity index (χ3n) is 3.75.